The van der Waals surface area contributed by atoms with E-state index in [0.717, 1.165) is 0 Å². The maximum absolute atomic E-state index is 8.63. The molecule has 3 N–H and O–H groups in total. The lowest BCUT2D eigenvalue weighted by molar-refractivity contribution is 0.174. The molecule has 0 radical (unpaired) electrons. The average molecular weight is 273 g/mol. The molecule has 0 fully saturated rings. The summed E-state index contributed by atoms with van der Waals surface area (Å²) in [6.07, 6.45) is 1.51. The van der Waals surface area contributed by atoms with Gasteiger partial charge >= 0.3 is 0 Å². The molecule has 20 heavy (non-hydrogen) atoms. The molecule has 0 bridgehead atoms. The highest BCUT2D eigenvalue weighted by Gasteiger charge is 2.14. The minimum Gasteiger partial charge on any atom is -0.457 e. The van der Waals surface area contributed by atoms with E-state index in [1.54, 1.807) is 30.3 Å². The molecule has 1 aliphatic heterocycles. The maximum Gasteiger partial charge on any atom is 0.231 e. The van der Waals surface area contributed by atoms with Crippen LogP contribution in [-0.2, 0) is 0 Å². The Morgan fingerprint density at radius 1 is 1.20 bits per heavy atom. The van der Waals surface area contributed by atoms with Crippen LogP contribution in [-0.4, -0.2) is 22.8 Å². The molecular formula is C13H11N3O4. The molecule has 102 valence electrons. The number of rotatable bonds is 3. The Labute approximate surface area is 114 Å². The Morgan fingerprint density at radius 3 is 2.85 bits per heavy atom. The van der Waals surface area contributed by atoms with Crippen LogP contribution < -0.4 is 19.9 Å². The number of nitrogens with two attached hydrogens (primary N) is 1. The van der Waals surface area contributed by atoms with Crippen LogP contribution in [0, 0.1) is 0 Å². The van der Waals surface area contributed by atoms with Gasteiger partial charge in [-0.1, -0.05) is 5.16 Å². The highest BCUT2D eigenvalue weighted by atomic mass is 16.7. The Kier molecular flexibility index (Phi) is 3.00. The maximum atomic E-state index is 8.63. The predicted molar refractivity (Wildman–Crippen MR) is 69.4 cm³/mol. The van der Waals surface area contributed by atoms with Crippen molar-refractivity contribution in [3.8, 4) is 23.0 Å². The van der Waals surface area contributed by atoms with Gasteiger partial charge in [-0.05, 0) is 18.2 Å². The third-order valence-corrected chi connectivity index (χ3v) is 2.68. The first-order valence-corrected chi connectivity index (χ1v) is 5.78. The molecule has 2 heterocycles. The predicted octanol–water partition coefficient (Wildman–Crippen LogP) is 1.70. The first-order chi connectivity index (χ1) is 9.76. The second kappa shape index (κ2) is 4.96. The van der Waals surface area contributed by atoms with Crippen LogP contribution in [0.5, 0.6) is 23.0 Å². The van der Waals surface area contributed by atoms with Crippen LogP contribution in [0.2, 0.25) is 0 Å². The van der Waals surface area contributed by atoms with Crippen LogP contribution >= 0.6 is 0 Å². The summed E-state index contributed by atoms with van der Waals surface area (Å²) in [5.74, 6) is 2.34. The highest BCUT2D eigenvalue weighted by molar-refractivity contribution is 5.95. The monoisotopic (exact) mass is 273 g/mol. The quantitative estimate of drug-likeness (QED) is 0.382. The second-order valence-electron chi connectivity index (χ2n) is 3.98. The van der Waals surface area contributed by atoms with E-state index in [4.69, 9.17) is 25.2 Å². The molecule has 1 aromatic heterocycles. The minimum atomic E-state index is -0.0823. The normalized spacial score (nSPS) is 13.3. The molecule has 0 saturated heterocycles. The summed E-state index contributed by atoms with van der Waals surface area (Å²) in [5, 5.41) is 11.5. The van der Waals surface area contributed by atoms with Crippen molar-refractivity contribution in [2.75, 3.05) is 6.79 Å². The number of nitrogens with zero attached hydrogens (tertiary/aromatic N) is 2. The van der Waals surface area contributed by atoms with Crippen molar-refractivity contribution in [3.63, 3.8) is 0 Å². The molecule has 7 nitrogen and oxygen atoms in total. The number of hydrogen-bond acceptors (Lipinski definition) is 6. The molecule has 7 heteroatoms. The van der Waals surface area contributed by atoms with E-state index in [1.807, 2.05) is 0 Å². The van der Waals surface area contributed by atoms with Gasteiger partial charge in [0.25, 0.3) is 0 Å². The lowest BCUT2D eigenvalue weighted by Gasteiger charge is -2.07. The Balaban J connectivity index is 1.84. The largest absolute Gasteiger partial charge is 0.457 e. The van der Waals surface area contributed by atoms with E-state index < -0.39 is 0 Å². The molecule has 0 atom stereocenters. The Hall–Kier alpha value is -2.96. The minimum absolute atomic E-state index is 0.0823. The van der Waals surface area contributed by atoms with Crippen molar-refractivity contribution < 1.29 is 19.4 Å². The molecule has 0 saturated carbocycles. The number of amidine groups is 1. The summed E-state index contributed by atoms with van der Waals surface area (Å²) in [6, 6.07) is 8.49. The molecule has 0 unspecified atom stereocenters. The summed E-state index contributed by atoms with van der Waals surface area (Å²) in [6.45, 7) is 0.210. The smallest absolute Gasteiger partial charge is 0.231 e. The van der Waals surface area contributed by atoms with Gasteiger partial charge in [-0.25, -0.2) is 0 Å². The van der Waals surface area contributed by atoms with Crippen molar-refractivity contribution in [1.82, 2.24) is 4.98 Å². The lowest BCUT2D eigenvalue weighted by atomic mass is 10.3. The number of benzene rings is 1. The van der Waals surface area contributed by atoms with Crippen molar-refractivity contribution in [2.24, 2.45) is 10.9 Å². The van der Waals surface area contributed by atoms with E-state index >= 15 is 0 Å². The van der Waals surface area contributed by atoms with Gasteiger partial charge in [0, 0.05) is 18.3 Å². The molecule has 0 spiro atoms. The number of fused-ring (bicyclic) bond motifs is 1. The topological polar surface area (TPSA) is 99.2 Å². The van der Waals surface area contributed by atoms with Gasteiger partial charge in [-0.15, -0.1) is 0 Å². The van der Waals surface area contributed by atoms with Gasteiger partial charge in [0.1, 0.15) is 17.2 Å². The molecule has 3 rings (SSSR count). The SMILES string of the molecule is NC(=NO)c1cc(Oc2ccc3c(c2)OCO3)ccn1. The van der Waals surface area contributed by atoms with Gasteiger partial charge in [0.2, 0.25) is 6.79 Å². The van der Waals surface area contributed by atoms with Gasteiger partial charge < -0.3 is 25.2 Å². The van der Waals surface area contributed by atoms with Crippen molar-refractivity contribution in [2.45, 2.75) is 0 Å². The van der Waals surface area contributed by atoms with Crippen molar-refractivity contribution in [3.05, 3.63) is 42.2 Å². The molecule has 0 amide bonds. The molecule has 2 aromatic rings. The molecule has 1 aromatic carbocycles. The first-order valence-electron chi connectivity index (χ1n) is 5.78. The third-order valence-electron chi connectivity index (χ3n) is 2.68. The zero-order chi connectivity index (χ0) is 13.9. The summed E-state index contributed by atoms with van der Waals surface area (Å²) in [7, 11) is 0. The van der Waals surface area contributed by atoms with Gasteiger partial charge in [-0.3, -0.25) is 4.98 Å². The Bertz CT molecular complexity index is 672. The number of hydrogen-bond donors (Lipinski definition) is 2. The lowest BCUT2D eigenvalue weighted by Crippen LogP contribution is -2.14. The van der Waals surface area contributed by atoms with Crippen LogP contribution in [0.3, 0.4) is 0 Å². The van der Waals surface area contributed by atoms with E-state index in [9.17, 15) is 0 Å². The third kappa shape index (κ3) is 2.28. The number of pyridine rings is 1. The molecular weight excluding hydrogens is 262 g/mol. The van der Waals surface area contributed by atoms with Crippen LogP contribution in [0.1, 0.15) is 5.69 Å². The summed E-state index contributed by atoms with van der Waals surface area (Å²) in [4.78, 5) is 3.97. The standard InChI is InChI=1S/C13H11N3O4/c14-13(16-17)10-5-9(3-4-15-10)20-8-1-2-11-12(6-8)19-7-18-11/h1-6,17H,7H2,(H2,14,16). The van der Waals surface area contributed by atoms with Gasteiger partial charge in [0.15, 0.2) is 17.3 Å². The van der Waals surface area contributed by atoms with Gasteiger partial charge in [0.05, 0.1) is 0 Å². The second-order valence-corrected chi connectivity index (χ2v) is 3.98. The van der Waals surface area contributed by atoms with E-state index in [2.05, 4.69) is 10.1 Å². The van der Waals surface area contributed by atoms with Crippen molar-refractivity contribution in [1.29, 1.82) is 0 Å². The fraction of sp³-hybridized carbons (Fsp3) is 0.0769. The Morgan fingerprint density at radius 2 is 2.00 bits per heavy atom. The van der Waals surface area contributed by atoms with Crippen LogP contribution in [0.25, 0.3) is 0 Å². The van der Waals surface area contributed by atoms with Gasteiger partial charge in [-0.2, -0.15) is 0 Å². The highest BCUT2D eigenvalue weighted by Crippen LogP contribution is 2.36. The molecule has 1 aliphatic rings. The number of ether oxygens (including phenoxy) is 3. The average Bonchev–Trinajstić information content (AvgIpc) is 2.94. The molecule has 0 aliphatic carbocycles. The fourth-order valence-corrected chi connectivity index (χ4v) is 1.74. The van der Waals surface area contributed by atoms with Crippen LogP contribution in [0.15, 0.2) is 41.7 Å². The zero-order valence-corrected chi connectivity index (χ0v) is 10.3. The number of oxime groups is 1. The summed E-state index contributed by atoms with van der Waals surface area (Å²) < 4.78 is 16.2. The van der Waals surface area contributed by atoms with E-state index in [0.29, 0.717) is 28.7 Å². The van der Waals surface area contributed by atoms with Crippen LogP contribution in [0.4, 0.5) is 0 Å². The number of aromatic nitrogens is 1. The first kappa shape index (κ1) is 12.1. The summed E-state index contributed by atoms with van der Waals surface area (Å²) >= 11 is 0. The summed E-state index contributed by atoms with van der Waals surface area (Å²) in [5.41, 5.74) is 5.80. The van der Waals surface area contributed by atoms with Crippen molar-refractivity contribution >= 4 is 5.84 Å². The van der Waals surface area contributed by atoms with E-state index in [-0.39, 0.29) is 12.6 Å². The zero-order valence-electron chi connectivity index (χ0n) is 10.3. The fourth-order valence-electron chi connectivity index (χ4n) is 1.74. The van der Waals surface area contributed by atoms with E-state index in [1.165, 1.54) is 6.20 Å².